The number of amides is 2. The minimum Gasteiger partial charge on any atom is -0.496 e. The van der Waals surface area contributed by atoms with Crippen LogP contribution in [-0.2, 0) is 19.6 Å². The lowest BCUT2D eigenvalue weighted by molar-refractivity contribution is -0.123. The van der Waals surface area contributed by atoms with Crippen molar-refractivity contribution in [1.82, 2.24) is 20.7 Å². The highest BCUT2D eigenvalue weighted by atomic mass is 32.2. The van der Waals surface area contributed by atoms with E-state index in [0.29, 0.717) is 28.9 Å². The van der Waals surface area contributed by atoms with Crippen molar-refractivity contribution in [2.75, 3.05) is 13.7 Å². The Morgan fingerprint density at radius 1 is 1.08 bits per heavy atom. The molecule has 0 radical (unpaired) electrons. The number of rotatable bonds is 10. The molecule has 36 heavy (non-hydrogen) atoms. The van der Waals surface area contributed by atoms with E-state index in [4.69, 9.17) is 14.9 Å². The van der Waals surface area contributed by atoms with Gasteiger partial charge in [-0.3, -0.25) is 10.2 Å². The lowest BCUT2D eigenvalue weighted by Crippen LogP contribution is -2.50. The van der Waals surface area contributed by atoms with E-state index in [1.165, 1.54) is 7.11 Å². The number of carbonyl (C=O) groups excluding carboxylic acids is 2. The Morgan fingerprint density at radius 3 is 2.22 bits per heavy atom. The molecule has 1 unspecified atom stereocenters. The third kappa shape index (κ3) is 9.56. The average molecular weight is 528 g/mol. The van der Waals surface area contributed by atoms with E-state index in [0.717, 1.165) is 0 Å². The third-order valence-corrected chi connectivity index (χ3v) is 6.75. The van der Waals surface area contributed by atoms with Crippen molar-refractivity contribution in [3.8, 4) is 5.75 Å². The molecular weight excluding hydrogens is 486 g/mol. The molecule has 1 aromatic rings. The van der Waals surface area contributed by atoms with Crippen molar-refractivity contribution in [3.05, 3.63) is 22.8 Å². The van der Waals surface area contributed by atoms with Crippen LogP contribution in [0.25, 0.3) is 0 Å². The van der Waals surface area contributed by atoms with E-state index in [9.17, 15) is 18.0 Å². The lowest BCUT2D eigenvalue weighted by atomic mass is 10.1. The van der Waals surface area contributed by atoms with Crippen LogP contribution in [0.2, 0.25) is 0 Å². The SMILES string of the molecule is COc1cc(C)c(S(=O)(=O)NC(=N)NCCCC(NC(=O)OC(C)(C)C)C(=O)NC(C)C)c(C)c1C. The van der Waals surface area contributed by atoms with E-state index in [1.54, 1.807) is 47.6 Å². The maximum Gasteiger partial charge on any atom is 0.408 e. The summed E-state index contributed by atoms with van der Waals surface area (Å²) in [7, 11) is -2.49. The molecule has 2 amide bonds. The van der Waals surface area contributed by atoms with Crippen LogP contribution in [0.4, 0.5) is 4.79 Å². The molecule has 1 aromatic carbocycles. The van der Waals surface area contributed by atoms with Gasteiger partial charge in [0.25, 0.3) is 10.0 Å². The maximum absolute atomic E-state index is 13.0. The number of guanidine groups is 1. The van der Waals surface area contributed by atoms with Crippen molar-refractivity contribution >= 4 is 28.0 Å². The first kappa shape index (κ1) is 31.0. The second kappa shape index (κ2) is 12.8. The highest BCUT2D eigenvalue weighted by Gasteiger charge is 2.26. The summed E-state index contributed by atoms with van der Waals surface area (Å²) in [4.78, 5) is 24.8. The number of sulfonamides is 1. The largest absolute Gasteiger partial charge is 0.496 e. The number of hydrogen-bond donors (Lipinski definition) is 5. The highest BCUT2D eigenvalue weighted by molar-refractivity contribution is 7.90. The summed E-state index contributed by atoms with van der Waals surface area (Å²) in [6, 6.07) is 0.686. The highest BCUT2D eigenvalue weighted by Crippen LogP contribution is 2.30. The van der Waals surface area contributed by atoms with Crippen molar-refractivity contribution in [1.29, 1.82) is 5.41 Å². The first-order chi connectivity index (χ1) is 16.5. The number of benzene rings is 1. The summed E-state index contributed by atoms with van der Waals surface area (Å²) in [5.41, 5.74) is 1.03. The molecule has 0 spiro atoms. The second-order valence-electron chi connectivity index (χ2n) is 9.89. The Labute approximate surface area is 214 Å². The average Bonchev–Trinajstić information content (AvgIpc) is 2.70. The molecular formula is C24H41N5O6S. The van der Waals surface area contributed by atoms with Gasteiger partial charge in [0, 0.05) is 12.6 Å². The van der Waals surface area contributed by atoms with Crippen LogP contribution >= 0.6 is 0 Å². The quantitative estimate of drug-likeness (QED) is 0.178. The van der Waals surface area contributed by atoms with Gasteiger partial charge in [-0.2, -0.15) is 0 Å². The number of nitrogens with one attached hydrogen (secondary N) is 5. The minimum absolute atomic E-state index is 0.0966. The molecule has 11 nitrogen and oxygen atoms in total. The Bertz CT molecular complexity index is 1060. The van der Waals surface area contributed by atoms with Crippen LogP contribution in [0.15, 0.2) is 11.0 Å². The van der Waals surface area contributed by atoms with Crippen LogP contribution < -0.4 is 25.4 Å². The molecule has 0 bridgehead atoms. The van der Waals surface area contributed by atoms with Crippen LogP contribution in [-0.4, -0.2) is 57.7 Å². The van der Waals surface area contributed by atoms with Crippen molar-refractivity contribution in [3.63, 3.8) is 0 Å². The van der Waals surface area contributed by atoms with Crippen LogP contribution in [0, 0.1) is 26.2 Å². The second-order valence-corrected chi connectivity index (χ2v) is 11.5. The van der Waals surface area contributed by atoms with Gasteiger partial charge in [-0.25, -0.2) is 17.9 Å². The van der Waals surface area contributed by atoms with Gasteiger partial charge in [-0.05, 0) is 91.0 Å². The molecule has 1 rings (SSSR count). The van der Waals surface area contributed by atoms with Gasteiger partial charge in [-0.1, -0.05) is 0 Å². The van der Waals surface area contributed by atoms with Gasteiger partial charge >= 0.3 is 6.09 Å². The summed E-state index contributed by atoms with van der Waals surface area (Å²) in [5, 5.41) is 16.1. The minimum atomic E-state index is -4.01. The molecule has 0 aliphatic heterocycles. The van der Waals surface area contributed by atoms with Gasteiger partial charge in [0.15, 0.2) is 0 Å². The van der Waals surface area contributed by atoms with E-state index >= 15 is 0 Å². The van der Waals surface area contributed by atoms with Crippen molar-refractivity contribution in [2.45, 2.75) is 90.8 Å². The molecule has 0 aliphatic rings. The third-order valence-electron chi connectivity index (χ3n) is 5.11. The maximum atomic E-state index is 13.0. The zero-order valence-electron chi connectivity index (χ0n) is 22.7. The van der Waals surface area contributed by atoms with E-state index in [2.05, 4.69) is 20.7 Å². The summed E-state index contributed by atoms with van der Waals surface area (Å²) >= 11 is 0. The lowest BCUT2D eigenvalue weighted by Gasteiger charge is -2.24. The normalized spacial score (nSPS) is 12.5. The molecule has 0 aromatic heterocycles. The van der Waals surface area contributed by atoms with Crippen LogP contribution in [0.3, 0.4) is 0 Å². The number of aryl methyl sites for hydroxylation is 1. The predicted octanol–water partition coefficient (Wildman–Crippen LogP) is 2.62. The van der Waals surface area contributed by atoms with Gasteiger partial charge in [0.05, 0.1) is 12.0 Å². The number of ether oxygens (including phenoxy) is 2. The molecule has 204 valence electrons. The zero-order chi connectivity index (χ0) is 27.8. The van der Waals surface area contributed by atoms with E-state index < -0.39 is 33.7 Å². The predicted molar refractivity (Wildman–Crippen MR) is 139 cm³/mol. The number of carbonyl (C=O) groups is 2. The Morgan fingerprint density at radius 2 is 1.69 bits per heavy atom. The zero-order valence-corrected chi connectivity index (χ0v) is 23.5. The first-order valence-electron chi connectivity index (χ1n) is 11.8. The monoisotopic (exact) mass is 527 g/mol. The summed E-state index contributed by atoms with van der Waals surface area (Å²) < 4.78 is 38.7. The fourth-order valence-corrected chi connectivity index (χ4v) is 4.97. The molecule has 0 saturated heterocycles. The van der Waals surface area contributed by atoms with Crippen LogP contribution in [0.5, 0.6) is 5.75 Å². The number of alkyl carbamates (subject to hydrolysis) is 1. The standard InChI is InChI=1S/C24H41N5O6S/c1-14(2)27-21(30)18(28-23(31)35-24(6,7)8)11-10-12-26-22(25)29-36(32,33)20-15(3)13-19(34-9)16(4)17(20)5/h13-14,18H,10-12H2,1-9H3,(H,27,30)(H,28,31)(H3,25,26,29). The van der Waals surface area contributed by atoms with Gasteiger partial charge in [0.2, 0.25) is 11.9 Å². The fraction of sp³-hybridized carbons (Fsp3) is 0.625. The first-order valence-corrected chi connectivity index (χ1v) is 13.3. The molecule has 5 N–H and O–H groups in total. The molecule has 0 fully saturated rings. The molecule has 12 heteroatoms. The van der Waals surface area contributed by atoms with Crippen LogP contribution in [0.1, 0.15) is 64.2 Å². The molecule has 0 aliphatic carbocycles. The van der Waals surface area contributed by atoms with E-state index in [1.807, 2.05) is 13.8 Å². The number of hydrogen-bond acceptors (Lipinski definition) is 7. The van der Waals surface area contributed by atoms with Crippen molar-refractivity contribution in [2.24, 2.45) is 0 Å². The van der Waals surface area contributed by atoms with Gasteiger partial charge in [0.1, 0.15) is 17.4 Å². The molecule has 1 atom stereocenters. The Kier molecular flexibility index (Phi) is 11.0. The summed E-state index contributed by atoms with van der Waals surface area (Å²) in [6.07, 6.45) is -0.0864. The van der Waals surface area contributed by atoms with E-state index in [-0.39, 0.29) is 29.8 Å². The van der Waals surface area contributed by atoms with Gasteiger partial charge in [-0.15, -0.1) is 0 Å². The fourth-order valence-electron chi connectivity index (χ4n) is 3.49. The Balaban J connectivity index is 2.77. The van der Waals surface area contributed by atoms with Crippen molar-refractivity contribution < 1.29 is 27.5 Å². The molecule has 0 heterocycles. The summed E-state index contributed by atoms with van der Waals surface area (Å²) in [6.45, 7) is 14.1. The summed E-state index contributed by atoms with van der Waals surface area (Å²) in [5.74, 6) is -0.161. The molecule has 0 saturated carbocycles. The number of methoxy groups -OCH3 is 1. The topological polar surface area (TPSA) is 159 Å². The smallest absolute Gasteiger partial charge is 0.408 e. The van der Waals surface area contributed by atoms with Gasteiger partial charge < -0.3 is 25.4 Å². The Hall–Kier alpha value is -3.02.